The van der Waals surface area contributed by atoms with Gasteiger partial charge in [0.05, 0.1) is 12.5 Å². The summed E-state index contributed by atoms with van der Waals surface area (Å²) in [6.45, 7) is 7.21. The Bertz CT molecular complexity index is 1160. The van der Waals surface area contributed by atoms with Gasteiger partial charge in [-0.2, -0.15) is 23.1 Å². The summed E-state index contributed by atoms with van der Waals surface area (Å²) in [6, 6.07) is 6.91. The van der Waals surface area contributed by atoms with Crippen molar-refractivity contribution < 1.29 is 22.4 Å². The number of piperidine rings is 1. The average Bonchev–Trinajstić information content (AvgIpc) is 3.45. The molecule has 3 heterocycles. The van der Waals surface area contributed by atoms with E-state index in [-0.39, 0.29) is 29.4 Å². The highest BCUT2D eigenvalue weighted by molar-refractivity contribution is 5.38. The summed E-state index contributed by atoms with van der Waals surface area (Å²) in [5.74, 6) is 1.84. The molecule has 1 aromatic carbocycles. The predicted octanol–water partition coefficient (Wildman–Crippen LogP) is 4.77. The summed E-state index contributed by atoms with van der Waals surface area (Å²) in [6.07, 6.45) is -3.30. The van der Waals surface area contributed by atoms with Crippen molar-refractivity contribution in [2.75, 3.05) is 23.3 Å². The van der Waals surface area contributed by atoms with E-state index in [1.54, 1.807) is 23.7 Å². The van der Waals surface area contributed by atoms with E-state index in [4.69, 9.17) is 9.26 Å². The molecule has 1 N–H and O–H groups in total. The van der Waals surface area contributed by atoms with Crippen LogP contribution in [0.2, 0.25) is 0 Å². The van der Waals surface area contributed by atoms with Crippen LogP contribution in [0, 0.1) is 18.8 Å². The standard InChI is InChI=1S/C23H28F3N7O2/c1-13(2)33-22(34-18-7-5-4-6-15(18)10-23(24,25)26)29-20(30-33)28-19-16-8-9-17(19)12-32(11-16)21-27-14(3)31-35-21/h4-7,13,16-17,19H,8-12H2,1-3H3,(H,28,30)/t16-,17+,19?. The van der Waals surface area contributed by atoms with Gasteiger partial charge in [-0.1, -0.05) is 23.4 Å². The molecule has 1 aliphatic carbocycles. The number of halogens is 3. The zero-order valence-electron chi connectivity index (χ0n) is 19.8. The Kier molecular flexibility index (Phi) is 6.06. The van der Waals surface area contributed by atoms with Gasteiger partial charge in [0.1, 0.15) is 5.75 Å². The van der Waals surface area contributed by atoms with Crippen LogP contribution in [-0.2, 0) is 6.42 Å². The number of aromatic nitrogens is 5. The van der Waals surface area contributed by atoms with Crippen molar-refractivity contribution in [3.8, 4) is 11.8 Å². The number of hydrogen-bond acceptors (Lipinski definition) is 8. The largest absolute Gasteiger partial charge is 0.424 e. The van der Waals surface area contributed by atoms with Crippen molar-refractivity contribution in [1.29, 1.82) is 0 Å². The third kappa shape index (κ3) is 5.06. The van der Waals surface area contributed by atoms with Crippen LogP contribution in [0.15, 0.2) is 28.8 Å². The van der Waals surface area contributed by atoms with Crippen LogP contribution in [0.3, 0.4) is 0 Å². The smallest absolute Gasteiger partial charge is 0.393 e. The van der Waals surface area contributed by atoms with Crippen LogP contribution in [0.4, 0.5) is 25.1 Å². The fourth-order valence-corrected chi connectivity index (χ4v) is 5.02. The minimum atomic E-state index is -4.34. The molecule has 2 fully saturated rings. The summed E-state index contributed by atoms with van der Waals surface area (Å²) in [4.78, 5) is 11.0. The van der Waals surface area contributed by atoms with Gasteiger partial charge >= 0.3 is 18.2 Å². The number of nitrogens with one attached hydrogen (secondary N) is 1. The molecule has 3 aromatic rings. The zero-order chi connectivity index (χ0) is 24.7. The Hall–Kier alpha value is -3.31. The number of para-hydroxylation sites is 1. The Morgan fingerprint density at radius 1 is 1.14 bits per heavy atom. The first-order chi connectivity index (χ1) is 16.7. The number of nitrogens with zero attached hydrogens (tertiary/aromatic N) is 6. The predicted molar refractivity (Wildman–Crippen MR) is 122 cm³/mol. The minimum Gasteiger partial charge on any atom is -0.424 e. The summed E-state index contributed by atoms with van der Waals surface area (Å²) in [5, 5.41) is 11.9. The fraction of sp³-hybridized carbons (Fsp3) is 0.565. The summed E-state index contributed by atoms with van der Waals surface area (Å²) < 4.78 is 51.9. The SMILES string of the molecule is Cc1noc(N2C[C@H]3CC[C@@H](C2)C3Nc2nc(Oc3ccccc3CC(F)(F)F)n(C(C)C)n2)n1. The van der Waals surface area contributed by atoms with Crippen LogP contribution in [0.5, 0.6) is 11.8 Å². The number of fused-ring (bicyclic) bond motifs is 2. The molecule has 2 aromatic heterocycles. The molecule has 9 nitrogen and oxygen atoms in total. The molecular formula is C23H28F3N7O2. The van der Waals surface area contributed by atoms with Crippen molar-refractivity contribution >= 4 is 12.0 Å². The summed E-state index contributed by atoms with van der Waals surface area (Å²) in [7, 11) is 0. The number of alkyl halides is 3. The van der Waals surface area contributed by atoms with Crippen LogP contribution < -0.4 is 15.0 Å². The van der Waals surface area contributed by atoms with Crippen molar-refractivity contribution in [3.05, 3.63) is 35.7 Å². The Labute approximate surface area is 200 Å². The van der Waals surface area contributed by atoms with Crippen molar-refractivity contribution in [2.45, 2.75) is 58.3 Å². The Morgan fingerprint density at radius 3 is 2.49 bits per heavy atom. The van der Waals surface area contributed by atoms with Gasteiger partial charge < -0.3 is 19.5 Å². The lowest BCUT2D eigenvalue weighted by Crippen LogP contribution is -2.48. The van der Waals surface area contributed by atoms with Crippen LogP contribution in [0.1, 0.15) is 44.1 Å². The number of benzene rings is 1. The first-order valence-corrected chi connectivity index (χ1v) is 11.8. The Morgan fingerprint density at radius 2 is 1.86 bits per heavy atom. The topological polar surface area (TPSA) is 94.1 Å². The second-order valence-corrected chi connectivity index (χ2v) is 9.55. The second-order valence-electron chi connectivity index (χ2n) is 9.55. The van der Waals surface area contributed by atoms with Gasteiger partial charge in [-0.15, -0.1) is 5.10 Å². The molecule has 12 heteroatoms. The van der Waals surface area contributed by atoms with E-state index >= 15 is 0 Å². The number of rotatable bonds is 7. The van der Waals surface area contributed by atoms with Gasteiger partial charge in [0.15, 0.2) is 5.82 Å². The van der Waals surface area contributed by atoms with E-state index in [0.29, 0.717) is 29.6 Å². The number of anilines is 2. The van der Waals surface area contributed by atoms with Crippen LogP contribution in [0.25, 0.3) is 0 Å². The molecule has 1 unspecified atom stereocenters. The molecule has 1 saturated heterocycles. The van der Waals surface area contributed by atoms with Gasteiger partial charge in [0.2, 0.25) is 5.95 Å². The number of ether oxygens (including phenoxy) is 1. The molecule has 0 amide bonds. The van der Waals surface area contributed by atoms with Gasteiger partial charge in [-0.25, -0.2) is 4.68 Å². The molecule has 1 saturated carbocycles. The van der Waals surface area contributed by atoms with Crippen molar-refractivity contribution in [3.63, 3.8) is 0 Å². The monoisotopic (exact) mass is 491 g/mol. The molecule has 2 aliphatic rings. The van der Waals surface area contributed by atoms with E-state index in [1.165, 1.54) is 12.1 Å². The maximum atomic E-state index is 13.0. The van der Waals surface area contributed by atoms with Crippen molar-refractivity contribution in [2.24, 2.45) is 11.8 Å². The van der Waals surface area contributed by atoms with E-state index in [2.05, 4.69) is 30.4 Å². The normalized spacial score (nSPS) is 22.1. The van der Waals surface area contributed by atoms with E-state index in [1.807, 2.05) is 13.8 Å². The molecule has 35 heavy (non-hydrogen) atoms. The van der Waals surface area contributed by atoms with E-state index in [9.17, 15) is 13.2 Å². The van der Waals surface area contributed by atoms with E-state index < -0.39 is 12.6 Å². The fourth-order valence-electron chi connectivity index (χ4n) is 5.02. The quantitative estimate of drug-likeness (QED) is 0.505. The zero-order valence-corrected chi connectivity index (χ0v) is 19.8. The maximum Gasteiger partial charge on any atom is 0.393 e. The van der Waals surface area contributed by atoms with Gasteiger partial charge in [-0.3, -0.25) is 0 Å². The van der Waals surface area contributed by atoms with Gasteiger partial charge in [0.25, 0.3) is 0 Å². The van der Waals surface area contributed by atoms with Crippen LogP contribution in [-0.4, -0.2) is 50.2 Å². The lowest BCUT2D eigenvalue weighted by atomic mass is 9.92. The first-order valence-electron chi connectivity index (χ1n) is 11.8. The molecule has 0 spiro atoms. The highest BCUT2D eigenvalue weighted by Gasteiger charge is 2.44. The summed E-state index contributed by atoms with van der Waals surface area (Å²) in [5.41, 5.74) is 0.0505. The third-order valence-corrected chi connectivity index (χ3v) is 6.57. The molecular weight excluding hydrogens is 463 g/mol. The molecule has 188 valence electrons. The third-order valence-electron chi connectivity index (χ3n) is 6.57. The number of hydrogen-bond donors (Lipinski definition) is 1. The summed E-state index contributed by atoms with van der Waals surface area (Å²) >= 11 is 0. The van der Waals surface area contributed by atoms with Crippen molar-refractivity contribution in [1.82, 2.24) is 24.9 Å². The van der Waals surface area contributed by atoms with Gasteiger partial charge in [0, 0.05) is 24.7 Å². The first kappa shape index (κ1) is 23.4. The lowest BCUT2D eigenvalue weighted by Gasteiger charge is -2.37. The highest BCUT2D eigenvalue weighted by Crippen LogP contribution is 2.40. The molecule has 1 aliphatic heterocycles. The lowest BCUT2D eigenvalue weighted by molar-refractivity contribution is -0.127. The Balaban J connectivity index is 1.33. The van der Waals surface area contributed by atoms with Gasteiger partial charge in [-0.05, 0) is 51.5 Å². The van der Waals surface area contributed by atoms with E-state index in [0.717, 1.165) is 25.9 Å². The molecule has 2 bridgehead atoms. The molecule has 0 radical (unpaired) electrons. The molecule has 3 atom stereocenters. The average molecular weight is 492 g/mol. The minimum absolute atomic E-state index is 0.0505. The number of aryl methyl sites for hydroxylation is 1. The highest BCUT2D eigenvalue weighted by atomic mass is 19.4. The molecule has 5 rings (SSSR count). The van der Waals surface area contributed by atoms with Crippen LogP contribution >= 0.6 is 0 Å². The second kappa shape index (κ2) is 9.04. The maximum absolute atomic E-state index is 13.0.